The van der Waals surface area contributed by atoms with Crippen molar-refractivity contribution in [2.45, 2.75) is 51.7 Å². The normalized spacial score (nSPS) is 24.2. The van der Waals surface area contributed by atoms with Gasteiger partial charge >= 0.3 is 0 Å². The maximum Gasteiger partial charge on any atom is 0.0920 e. The van der Waals surface area contributed by atoms with Gasteiger partial charge in [-0.3, -0.25) is 10.3 Å². The van der Waals surface area contributed by atoms with Gasteiger partial charge in [-0.15, -0.1) is 0 Å². The Morgan fingerprint density at radius 2 is 2.38 bits per heavy atom. The fourth-order valence-corrected chi connectivity index (χ4v) is 2.23. The van der Waals surface area contributed by atoms with Crippen LogP contribution in [0.25, 0.3) is 0 Å². The molecule has 0 aliphatic carbocycles. The van der Waals surface area contributed by atoms with Gasteiger partial charge in [0.1, 0.15) is 0 Å². The summed E-state index contributed by atoms with van der Waals surface area (Å²) in [5, 5.41) is 7.32. The molecule has 1 heterocycles. The lowest BCUT2D eigenvalue weighted by atomic mass is 10.0. The number of nitrogens with one attached hydrogen (secondary N) is 1. The highest BCUT2D eigenvalue weighted by atomic mass is 16.5. The predicted octanol–water partition coefficient (Wildman–Crippen LogP) is 1.59. The number of rotatable bonds is 6. The van der Waals surface area contributed by atoms with Crippen molar-refractivity contribution < 1.29 is 4.74 Å². The minimum absolute atomic E-state index is 0.282. The van der Waals surface area contributed by atoms with Crippen molar-refractivity contribution in [2.75, 3.05) is 19.7 Å². The molecule has 2 unspecified atom stereocenters. The van der Waals surface area contributed by atoms with Crippen LogP contribution in [0.1, 0.15) is 39.5 Å². The second-order valence-corrected chi connectivity index (χ2v) is 4.71. The van der Waals surface area contributed by atoms with E-state index in [-0.39, 0.29) is 5.84 Å². The molecule has 0 saturated carbocycles. The van der Waals surface area contributed by atoms with Gasteiger partial charge in [0, 0.05) is 25.6 Å². The van der Waals surface area contributed by atoms with E-state index in [4.69, 9.17) is 15.9 Å². The predicted molar refractivity (Wildman–Crippen MR) is 66.8 cm³/mol. The molecule has 1 aliphatic rings. The molecule has 2 atom stereocenters. The minimum Gasteiger partial charge on any atom is -0.388 e. The Balaban J connectivity index is 2.34. The van der Waals surface area contributed by atoms with Crippen LogP contribution >= 0.6 is 0 Å². The van der Waals surface area contributed by atoms with E-state index in [2.05, 4.69) is 18.7 Å². The quantitative estimate of drug-likeness (QED) is 0.535. The van der Waals surface area contributed by atoms with Crippen molar-refractivity contribution >= 4 is 5.84 Å². The van der Waals surface area contributed by atoms with E-state index >= 15 is 0 Å². The van der Waals surface area contributed by atoms with Gasteiger partial charge in [0.05, 0.1) is 11.9 Å². The summed E-state index contributed by atoms with van der Waals surface area (Å²) in [7, 11) is 0. The zero-order valence-electron chi connectivity index (χ0n) is 10.5. The molecule has 0 amide bonds. The Morgan fingerprint density at radius 3 is 3.00 bits per heavy atom. The molecular formula is C12H25N3O. The summed E-state index contributed by atoms with van der Waals surface area (Å²) in [6.07, 6.45) is 4.49. The van der Waals surface area contributed by atoms with Gasteiger partial charge in [0.15, 0.2) is 0 Å². The third-order valence-electron chi connectivity index (χ3n) is 3.11. The van der Waals surface area contributed by atoms with Gasteiger partial charge in [-0.2, -0.15) is 0 Å². The van der Waals surface area contributed by atoms with E-state index < -0.39 is 0 Å². The Hall–Kier alpha value is -0.610. The number of likely N-dealkylation sites (tertiary alicyclic amines) is 1. The number of nitrogens with two attached hydrogens (primary N) is 1. The van der Waals surface area contributed by atoms with Crippen LogP contribution in [-0.2, 0) is 4.74 Å². The lowest BCUT2D eigenvalue weighted by molar-refractivity contribution is -0.00955. The number of ether oxygens (including phenoxy) is 1. The molecule has 0 aromatic carbocycles. The topological polar surface area (TPSA) is 62.3 Å². The van der Waals surface area contributed by atoms with Crippen LogP contribution in [0, 0.1) is 5.41 Å². The molecule has 0 aromatic heterocycles. The molecule has 0 spiro atoms. The Labute approximate surface area is 98.6 Å². The first-order valence-corrected chi connectivity index (χ1v) is 6.32. The van der Waals surface area contributed by atoms with Crippen LogP contribution in [0.5, 0.6) is 0 Å². The van der Waals surface area contributed by atoms with Crippen LogP contribution in [0.4, 0.5) is 0 Å². The molecule has 16 heavy (non-hydrogen) atoms. The van der Waals surface area contributed by atoms with Crippen molar-refractivity contribution in [1.82, 2.24) is 4.90 Å². The summed E-state index contributed by atoms with van der Waals surface area (Å²) in [5.41, 5.74) is 5.44. The summed E-state index contributed by atoms with van der Waals surface area (Å²) in [6.45, 7) is 7.25. The molecule has 4 heteroatoms. The van der Waals surface area contributed by atoms with Gasteiger partial charge in [-0.05, 0) is 32.7 Å². The molecule has 1 aliphatic heterocycles. The highest BCUT2D eigenvalue weighted by molar-refractivity contribution is 5.77. The van der Waals surface area contributed by atoms with E-state index in [1.807, 2.05) is 0 Å². The molecule has 3 N–H and O–H groups in total. The number of hydrogen-bond acceptors (Lipinski definition) is 3. The van der Waals surface area contributed by atoms with E-state index in [0.717, 1.165) is 26.1 Å². The second kappa shape index (κ2) is 6.86. The van der Waals surface area contributed by atoms with Crippen molar-refractivity contribution in [3.05, 3.63) is 0 Å². The summed E-state index contributed by atoms with van der Waals surface area (Å²) in [4.78, 5) is 2.39. The lowest BCUT2D eigenvalue weighted by Crippen LogP contribution is -2.45. The first-order chi connectivity index (χ1) is 7.63. The second-order valence-electron chi connectivity index (χ2n) is 4.71. The highest BCUT2D eigenvalue weighted by Gasteiger charge is 2.23. The SMILES string of the molecule is CCCOC1CCCN(C(C)CC(=N)N)C1. The molecule has 1 rings (SSSR count). The van der Waals surface area contributed by atoms with Crippen molar-refractivity contribution in [2.24, 2.45) is 5.73 Å². The highest BCUT2D eigenvalue weighted by Crippen LogP contribution is 2.17. The zero-order chi connectivity index (χ0) is 12.0. The van der Waals surface area contributed by atoms with Gasteiger partial charge < -0.3 is 10.5 Å². The first-order valence-electron chi connectivity index (χ1n) is 6.32. The van der Waals surface area contributed by atoms with Crippen LogP contribution in [-0.4, -0.2) is 42.6 Å². The molecule has 0 aromatic rings. The standard InChI is InChI=1S/C12H25N3O/c1-3-7-16-11-5-4-6-15(9-11)10(2)8-12(13)14/h10-11H,3-9H2,1-2H3,(H3,13,14). The van der Waals surface area contributed by atoms with Crippen molar-refractivity contribution in [3.63, 3.8) is 0 Å². The number of piperidine rings is 1. The molecule has 0 bridgehead atoms. The number of hydrogen-bond donors (Lipinski definition) is 2. The maximum absolute atomic E-state index is 7.32. The largest absolute Gasteiger partial charge is 0.388 e. The van der Waals surface area contributed by atoms with E-state index in [1.54, 1.807) is 0 Å². The smallest absolute Gasteiger partial charge is 0.0920 e. The summed E-state index contributed by atoms with van der Waals surface area (Å²) >= 11 is 0. The molecule has 0 radical (unpaired) electrons. The summed E-state index contributed by atoms with van der Waals surface area (Å²) in [6, 6.07) is 0.366. The van der Waals surface area contributed by atoms with Gasteiger partial charge in [-0.25, -0.2) is 0 Å². The molecule has 94 valence electrons. The van der Waals surface area contributed by atoms with Gasteiger partial charge in [0.25, 0.3) is 0 Å². The van der Waals surface area contributed by atoms with E-state index in [0.29, 0.717) is 18.6 Å². The average Bonchev–Trinajstić information content (AvgIpc) is 2.26. The Morgan fingerprint density at radius 1 is 1.62 bits per heavy atom. The Bertz CT molecular complexity index is 220. The fourth-order valence-electron chi connectivity index (χ4n) is 2.23. The minimum atomic E-state index is 0.282. The van der Waals surface area contributed by atoms with Crippen LogP contribution in [0.15, 0.2) is 0 Å². The number of nitrogens with zero attached hydrogens (tertiary/aromatic N) is 1. The Kier molecular flexibility index (Phi) is 5.77. The molecule has 4 nitrogen and oxygen atoms in total. The monoisotopic (exact) mass is 227 g/mol. The maximum atomic E-state index is 7.32. The van der Waals surface area contributed by atoms with Crippen molar-refractivity contribution in [1.29, 1.82) is 5.41 Å². The molecular weight excluding hydrogens is 202 g/mol. The molecule has 1 fully saturated rings. The van der Waals surface area contributed by atoms with Crippen molar-refractivity contribution in [3.8, 4) is 0 Å². The lowest BCUT2D eigenvalue weighted by Gasteiger charge is -2.36. The fraction of sp³-hybridized carbons (Fsp3) is 0.917. The van der Waals surface area contributed by atoms with Gasteiger partial charge in [0.2, 0.25) is 0 Å². The number of amidine groups is 1. The summed E-state index contributed by atoms with van der Waals surface area (Å²) < 4.78 is 5.79. The van der Waals surface area contributed by atoms with Crippen LogP contribution < -0.4 is 5.73 Å². The van der Waals surface area contributed by atoms with Gasteiger partial charge in [-0.1, -0.05) is 6.92 Å². The van der Waals surface area contributed by atoms with Crippen LogP contribution in [0.3, 0.4) is 0 Å². The third-order valence-corrected chi connectivity index (χ3v) is 3.11. The summed E-state index contributed by atoms with van der Waals surface area (Å²) in [5.74, 6) is 0.282. The van der Waals surface area contributed by atoms with E-state index in [1.165, 1.54) is 12.8 Å². The average molecular weight is 227 g/mol. The van der Waals surface area contributed by atoms with Crippen LogP contribution in [0.2, 0.25) is 0 Å². The zero-order valence-corrected chi connectivity index (χ0v) is 10.5. The molecule has 1 saturated heterocycles. The third kappa shape index (κ3) is 4.49. The van der Waals surface area contributed by atoms with E-state index in [9.17, 15) is 0 Å². The first kappa shape index (κ1) is 13.5.